The van der Waals surface area contributed by atoms with Gasteiger partial charge < -0.3 is 10.2 Å². The van der Waals surface area contributed by atoms with Crippen molar-refractivity contribution >= 4 is 5.91 Å². The molecule has 3 N–H and O–H groups in total. The SMILES string of the molecule is O=C(CCC1NC2CC(F)CC(F)C2N1)N1CCNCC1. The first-order chi connectivity index (χ1) is 10.1. The van der Waals surface area contributed by atoms with E-state index >= 15 is 0 Å². The van der Waals surface area contributed by atoms with Gasteiger partial charge in [-0.15, -0.1) is 0 Å². The number of fused-ring (bicyclic) bond motifs is 1. The molecule has 2 heterocycles. The van der Waals surface area contributed by atoms with Crippen LogP contribution in [0.5, 0.6) is 0 Å². The topological polar surface area (TPSA) is 56.4 Å². The molecule has 0 aromatic rings. The Morgan fingerprint density at radius 3 is 2.67 bits per heavy atom. The van der Waals surface area contributed by atoms with Crippen LogP contribution in [0.25, 0.3) is 0 Å². The zero-order valence-electron chi connectivity index (χ0n) is 12.2. The van der Waals surface area contributed by atoms with Crippen molar-refractivity contribution in [2.45, 2.75) is 56.3 Å². The van der Waals surface area contributed by atoms with E-state index in [0.717, 1.165) is 26.2 Å². The van der Waals surface area contributed by atoms with Crippen molar-refractivity contribution < 1.29 is 13.6 Å². The Labute approximate surface area is 123 Å². The molecule has 0 aromatic carbocycles. The first kappa shape index (κ1) is 15.1. The average Bonchev–Trinajstić information content (AvgIpc) is 2.89. The molecule has 3 fully saturated rings. The lowest BCUT2D eigenvalue weighted by atomic mass is 9.89. The second-order valence-electron chi connectivity index (χ2n) is 6.27. The maximum Gasteiger partial charge on any atom is 0.222 e. The van der Waals surface area contributed by atoms with E-state index in [4.69, 9.17) is 0 Å². The molecule has 0 radical (unpaired) electrons. The summed E-state index contributed by atoms with van der Waals surface area (Å²) in [6.07, 6.45) is -0.866. The molecule has 5 nitrogen and oxygen atoms in total. The number of rotatable bonds is 3. The largest absolute Gasteiger partial charge is 0.340 e. The van der Waals surface area contributed by atoms with Gasteiger partial charge in [0, 0.05) is 45.1 Å². The molecule has 5 atom stereocenters. The molecule has 1 aliphatic carbocycles. The van der Waals surface area contributed by atoms with Crippen LogP contribution < -0.4 is 16.0 Å². The standard InChI is InChI=1S/C14H24F2N4O/c15-9-7-10(16)14-11(8-9)18-12(19-14)1-2-13(21)20-5-3-17-4-6-20/h9-12,14,17-19H,1-8H2. The molecule has 1 saturated carbocycles. The van der Waals surface area contributed by atoms with Crippen molar-refractivity contribution in [3.05, 3.63) is 0 Å². The molecule has 0 aromatic heterocycles. The smallest absolute Gasteiger partial charge is 0.222 e. The Kier molecular flexibility index (Phi) is 4.71. The van der Waals surface area contributed by atoms with Crippen molar-refractivity contribution in [1.82, 2.24) is 20.9 Å². The van der Waals surface area contributed by atoms with Gasteiger partial charge in [0.25, 0.3) is 0 Å². The maximum absolute atomic E-state index is 13.8. The molecule has 5 unspecified atom stereocenters. The number of carbonyl (C=O) groups is 1. The lowest BCUT2D eigenvalue weighted by Gasteiger charge is -2.30. The fourth-order valence-corrected chi connectivity index (χ4v) is 3.60. The van der Waals surface area contributed by atoms with Gasteiger partial charge in [0.05, 0.1) is 12.2 Å². The molecule has 2 aliphatic heterocycles. The lowest BCUT2D eigenvalue weighted by Crippen LogP contribution is -2.48. The van der Waals surface area contributed by atoms with Crippen LogP contribution in [-0.2, 0) is 4.79 Å². The zero-order chi connectivity index (χ0) is 14.8. The van der Waals surface area contributed by atoms with Crippen molar-refractivity contribution in [3.8, 4) is 0 Å². The van der Waals surface area contributed by atoms with Gasteiger partial charge in [0.1, 0.15) is 12.3 Å². The molecule has 2 saturated heterocycles. The van der Waals surface area contributed by atoms with E-state index in [-0.39, 0.29) is 30.6 Å². The molecule has 3 aliphatic rings. The molecule has 21 heavy (non-hydrogen) atoms. The number of halogens is 2. The summed E-state index contributed by atoms with van der Waals surface area (Å²) >= 11 is 0. The van der Waals surface area contributed by atoms with Crippen molar-refractivity contribution in [3.63, 3.8) is 0 Å². The minimum absolute atomic E-state index is 0.0116. The highest BCUT2D eigenvalue weighted by molar-refractivity contribution is 5.76. The van der Waals surface area contributed by atoms with Crippen LogP contribution >= 0.6 is 0 Å². The van der Waals surface area contributed by atoms with Gasteiger partial charge in [-0.05, 0) is 12.8 Å². The van der Waals surface area contributed by atoms with Gasteiger partial charge in [-0.3, -0.25) is 15.4 Å². The first-order valence-electron chi connectivity index (χ1n) is 7.92. The molecule has 0 spiro atoms. The number of carbonyl (C=O) groups excluding carboxylic acids is 1. The van der Waals surface area contributed by atoms with Gasteiger partial charge in [-0.1, -0.05) is 0 Å². The number of amides is 1. The summed E-state index contributed by atoms with van der Waals surface area (Å²) < 4.78 is 27.2. The molecular weight excluding hydrogens is 278 g/mol. The summed E-state index contributed by atoms with van der Waals surface area (Å²) in [7, 11) is 0. The molecule has 7 heteroatoms. The third-order valence-corrected chi connectivity index (χ3v) is 4.74. The number of alkyl halides is 2. The van der Waals surface area contributed by atoms with Gasteiger partial charge in [0.2, 0.25) is 5.91 Å². The van der Waals surface area contributed by atoms with E-state index in [9.17, 15) is 13.6 Å². The summed E-state index contributed by atoms with van der Waals surface area (Å²) in [6.45, 7) is 3.20. The third kappa shape index (κ3) is 3.52. The number of hydrogen-bond acceptors (Lipinski definition) is 4. The highest BCUT2D eigenvalue weighted by Crippen LogP contribution is 2.28. The minimum Gasteiger partial charge on any atom is -0.340 e. The monoisotopic (exact) mass is 302 g/mol. The van der Waals surface area contributed by atoms with Crippen molar-refractivity contribution in [2.24, 2.45) is 0 Å². The number of piperazine rings is 1. The maximum atomic E-state index is 13.8. The first-order valence-corrected chi connectivity index (χ1v) is 7.92. The van der Waals surface area contributed by atoms with Gasteiger partial charge in [0.15, 0.2) is 0 Å². The molecule has 3 rings (SSSR count). The van der Waals surface area contributed by atoms with Crippen LogP contribution in [0.4, 0.5) is 8.78 Å². The van der Waals surface area contributed by atoms with Crippen LogP contribution in [0.2, 0.25) is 0 Å². The van der Waals surface area contributed by atoms with Crippen LogP contribution in [0.15, 0.2) is 0 Å². The number of nitrogens with zero attached hydrogens (tertiary/aromatic N) is 1. The summed E-state index contributed by atoms with van der Waals surface area (Å²) in [5.74, 6) is 0.148. The summed E-state index contributed by atoms with van der Waals surface area (Å²) in [4.78, 5) is 14.0. The molecular formula is C14H24F2N4O. The van der Waals surface area contributed by atoms with E-state index in [0.29, 0.717) is 19.3 Å². The highest BCUT2D eigenvalue weighted by atomic mass is 19.1. The van der Waals surface area contributed by atoms with Gasteiger partial charge in [-0.25, -0.2) is 8.78 Å². The minimum atomic E-state index is -1.14. The van der Waals surface area contributed by atoms with E-state index < -0.39 is 12.3 Å². The predicted molar refractivity (Wildman–Crippen MR) is 75.3 cm³/mol. The molecule has 0 bridgehead atoms. The lowest BCUT2D eigenvalue weighted by molar-refractivity contribution is -0.132. The van der Waals surface area contributed by atoms with Crippen LogP contribution in [-0.4, -0.2) is 67.6 Å². The van der Waals surface area contributed by atoms with Gasteiger partial charge in [-0.2, -0.15) is 0 Å². The van der Waals surface area contributed by atoms with E-state index in [1.54, 1.807) is 0 Å². The quantitative estimate of drug-likeness (QED) is 0.683. The second-order valence-corrected chi connectivity index (χ2v) is 6.27. The molecule has 120 valence electrons. The van der Waals surface area contributed by atoms with Crippen LogP contribution in [0, 0.1) is 0 Å². The normalized spacial score (nSPS) is 40.1. The fourth-order valence-electron chi connectivity index (χ4n) is 3.60. The Hall–Kier alpha value is -0.790. The van der Waals surface area contributed by atoms with Crippen LogP contribution in [0.1, 0.15) is 25.7 Å². The van der Waals surface area contributed by atoms with Crippen molar-refractivity contribution in [1.29, 1.82) is 0 Å². The Morgan fingerprint density at radius 1 is 1.14 bits per heavy atom. The predicted octanol–water partition coefficient (Wildman–Crippen LogP) is -0.0755. The highest BCUT2D eigenvalue weighted by Gasteiger charge is 2.44. The third-order valence-electron chi connectivity index (χ3n) is 4.74. The number of nitrogens with one attached hydrogen (secondary N) is 3. The second kappa shape index (κ2) is 6.54. The van der Waals surface area contributed by atoms with E-state index in [1.165, 1.54) is 0 Å². The Bertz CT molecular complexity index is 378. The van der Waals surface area contributed by atoms with Crippen molar-refractivity contribution in [2.75, 3.05) is 26.2 Å². The Balaban J connectivity index is 1.45. The average molecular weight is 302 g/mol. The summed E-state index contributed by atoms with van der Waals surface area (Å²) in [6, 6.07) is -0.459. The molecule has 1 amide bonds. The summed E-state index contributed by atoms with van der Waals surface area (Å²) in [5, 5.41) is 9.64. The summed E-state index contributed by atoms with van der Waals surface area (Å²) in [5.41, 5.74) is 0. The fraction of sp³-hybridized carbons (Fsp3) is 0.929. The van der Waals surface area contributed by atoms with Crippen LogP contribution in [0.3, 0.4) is 0 Å². The van der Waals surface area contributed by atoms with E-state index in [2.05, 4.69) is 16.0 Å². The van der Waals surface area contributed by atoms with E-state index in [1.807, 2.05) is 4.90 Å². The Morgan fingerprint density at radius 2 is 1.90 bits per heavy atom. The van der Waals surface area contributed by atoms with Gasteiger partial charge >= 0.3 is 0 Å². The number of hydrogen-bond donors (Lipinski definition) is 3. The zero-order valence-corrected chi connectivity index (χ0v) is 12.2.